The van der Waals surface area contributed by atoms with Gasteiger partial charge in [0.25, 0.3) is 0 Å². The fraction of sp³-hybridized carbons (Fsp3) is 0.200. The highest BCUT2D eigenvalue weighted by Gasteiger charge is 2.35. The Morgan fingerprint density at radius 2 is 1.03 bits per heavy atom. The van der Waals surface area contributed by atoms with Gasteiger partial charge >= 0.3 is 0 Å². The van der Waals surface area contributed by atoms with E-state index in [1.165, 1.54) is 81.0 Å². The summed E-state index contributed by atoms with van der Waals surface area (Å²) in [5.41, 5.74) is 14.0. The minimum absolute atomic E-state index is 0.0260. The van der Waals surface area contributed by atoms with Gasteiger partial charge in [-0.05, 0) is 110 Å². The average molecular weight is 451 g/mol. The van der Waals surface area contributed by atoms with Gasteiger partial charge in [-0.3, -0.25) is 0 Å². The van der Waals surface area contributed by atoms with Crippen molar-refractivity contribution in [1.29, 1.82) is 0 Å². The van der Waals surface area contributed by atoms with E-state index in [1.807, 2.05) is 0 Å². The second-order valence-corrected chi connectivity index (χ2v) is 10.9. The van der Waals surface area contributed by atoms with Crippen LogP contribution in [0.4, 0.5) is 0 Å². The highest BCUT2D eigenvalue weighted by Crippen LogP contribution is 2.50. The Labute approximate surface area is 208 Å². The maximum atomic E-state index is 2.45. The van der Waals surface area contributed by atoms with Gasteiger partial charge in [-0.1, -0.05) is 92.7 Å². The third kappa shape index (κ3) is 3.27. The van der Waals surface area contributed by atoms with E-state index in [0.717, 1.165) is 0 Å². The van der Waals surface area contributed by atoms with Crippen molar-refractivity contribution in [1.82, 2.24) is 0 Å². The van der Waals surface area contributed by atoms with E-state index in [4.69, 9.17) is 0 Å². The van der Waals surface area contributed by atoms with E-state index in [1.54, 1.807) is 11.1 Å². The van der Waals surface area contributed by atoms with Crippen molar-refractivity contribution in [2.45, 2.75) is 44.9 Å². The fourth-order valence-electron chi connectivity index (χ4n) is 6.38. The van der Waals surface area contributed by atoms with Gasteiger partial charge in [-0.15, -0.1) is 0 Å². The first-order valence-corrected chi connectivity index (χ1v) is 13.0. The van der Waals surface area contributed by atoms with Gasteiger partial charge in [-0.2, -0.15) is 0 Å². The van der Waals surface area contributed by atoms with E-state index in [2.05, 4.69) is 111 Å². The van der Waals surface area contributed by atoms with Crippen LogP contribution in [-0.2, 0) is 18.3 Å². The number of fused-ring (bicyclic) bond motifs is 5. The number of benzene rings is 5. The number of hydrogen-bond acceptors (Lipinski definition) is 0. The van der Waals surface area contributed by atoms with Crippen molar-refractivity contribution in [2.24, 2.45) is 0 Å². The molecule has 0 unspecified atom stereocenters. The van der Waals surface area contributed by atoms with E-state index in [0.29, 0.717) is 0 Å². The lowest BCUT2D eigenvalue weighted by Gasteiger charge is -2.23. The fourth-order valence-corrected chi connectivity index (χ4v) is 6.38. The van der Waals surface area contributed by atoms with Crippen molar-refractivity contribution in [3.8, 4) is 33.4 Å². The molecule has 2 aliphatic rings. The molecule has 170 valence electrons. The molecule has 0 aromatic heterocycles. The zero-order valence-corrected chi connectivity index (χ0v) is 20.6. The van der Waals surface area contributed by atoms with Gasteiger partial charge in [0.1, 0.15) is 0 Å². The molecule has 5 aromatic rings. The van der Waals surface area contributed by atoms with E-state index < -0.39 is 0 Å². The second-order valence-electron chi connectivity index (χ2n) is 10.9. The number of hydrogen-bond donors (Lipinski definition) is 0. The lowest BCUT2D eigenvalue weighted by Crippen LogP contribution is -2.15. The van der Waals surface area contributed by atoms with Crippen LogP contribution in [0.15, 0.2) is 97.1 Å². The maximum Gasteiger partial charge on any atom is 0.0159 e. The Morgan fingerprint density at radius 1 is 0.486 bits per heavy atom. The summed E-state index contributed by atoms with van der Waals surface area (Å²) in [5, 5.41) is 2.59. The molecule has 0 atom stereocenters. The van der Waals surface area contributed by atoms with Gasteiger partial charge in [0, 0.05) is 5.41 Å². The first-order valence-electron chi connectivity index (χ1n) is 13.0. The monoisotopic (exact) mass is 450 g/mol. The van der Waals surface area contributed by atoms with Crippen molar-refractivity contribution in [3.05, 3.63) is 119 Å². The first kappa shape index (κ1) is 20.7. The van der Waals surface area contributed by atoms with Crippen molar-refractivity contribution >= 4 is 10.8 Å². The quantitative estimate of drug-likeness (QED) is 0.251. The van der Waals surface area contributed by atoms with Gasteiger partial charge in [-0.25, -0.2) is 0 Å². The molecule has 0 aliphatic heterocycles. The van der Waals surface area contributed by atoms with Gasteiger partial charge in [0.15, 0.2) is 0 Å². The minimum Gasteiger partial charge on any atom is -0.0616 e. The van der Waals surface area contributed by atoms with Crippen LogP contribution in [0.25, 0.3) is 44.2 Å². The zero-order valence-electron chi connectivity index (χ0n) is 20.6. The highest BCUT2D eigenvalue weighted by atomic mass is 14.4. The molecule has 0 spiro atoms. The minimum atomic E-state index is -0.0260. The summed E-state index contributed by atoms with van der Waals surface area (Å²) in [4.78, 5) is 0. The first-order chi connectivity index (χ1) is 17.1. The van der Waals surface area contributed by atoms with E-state index in [9.17, 15) is 0 Å². The summed E-state index contributed by atoms with van der Waals surface area (Å²) in [6.45, 7) is 4.77. The number of aryl methyl sites for hydroxylation is 2. The molecule has 0 heteroatoms. The molecule has 0 amide bonds. The van der Waals surface area contributed by atoms with E-state index in [-0.39, 0.29) is 5.41 Å². The SMILES string of the molecule is CC1(C)c2cc(-c3ccc4c(c3)CCCC4)ccc2-c2ccc(-c3ccc4ccccc4c3)cc21. The molecular weight excluding hydrogens is 420 g/mol. The van der Waals surface area contributed by atoms with Crippen LogP contribution in [0, 0.1) is 0 Å². The van der Waals surface area contributed by atoms with Crippen LogP contribution in [0.3, 0.4) is 0 Å². The summed E-state index contributed by atoms with van der Waals surface area (Å²) in [6.07, 6.45) is 5.12. The third-order valence-corrected chi connectivity index (χ3v) is 8.44. The number of rotatable bonds is 2. The van der Waals surface area contributed by atoms with Crippen molar-refractivity contribution < 1.29 is 0 Å². The molecule has 2 aliphatic carbocycles. The Balaban J connectivity index is 1.30. The average Bonchev–Trinajstić information content (AvgIpc) is 3.13. The van der Waals surface area contributed by atoms with Crippen molar-refractivity contribution in [2.75, 3.05) is 0 Å². The topological polar surface area (TPSA) is 0 Å². The van der Waals surface area contributed by atoms with Gasteiger partial charge in [0.2, 0.25) is 0 Å². The molecule has 5 aromatic carbocycles. The van der Waals surface area contributed by atoms with Crippen LogP contribution >= 0.6 is 0 Å². The summed E-state index contributed by atoms with van der Waals surface area (Å²) < 4.78 is 0. The summed E-state index contributed by atoms with van der Waals surface area (Å²) in [7, 11) is 0. The Kier molecular flexibility index (Phi) is 4.55. The third-order valence-electron chi connectivity index (χ3n) is 8.44. The standard InChI is InChI=1S/C35H30/c1-35(2)33-21-29(27-13-11-23-7-3-5-9-25(23)19-27)15-17-31(33)32-18-16-30(22-34(32)35)28-14-12-24-8-4-6-10-26(24)20-28/h3,5,7,9,11-22H,4,6,8,10H2,1-2H3. The Bertz CT molecular complexity index is 1620. The smallest absolute Gasteiger partial charge is 0.0159 e. The largest absolute Gasteiger partial charge is 0.0616 e. The predicted octanol–water partition coefficient (Wildman–Crippen LogP) is 9.36. The van der Waals surface area contributed by atoms with Crippen LogP contribution < -0.4 is 0 Å². The van der Waals surface area contributed by atoms with Crippen LogP contribution in [0.5, 0.6) is 0 Å². The van der Waals surface area contributed by atoms with Crippen molar-refractivity contribution in [3.63, 3.8) is 0 Å². The summed E-state index contributed by atoms with van der Waals surface area (Å²) in [6, 6.07) is 36.8. The predicted molar refractivity (Wildman–Crippen MR) is 149 cm³/mol. The molecule has 0 nitrogen and oxygen atoms in total. The van der Waals surface area contributed by atoms with Gasteiger partial charge in [0.05, 0.1) is 0 Å². The lowest BCUT2D eigenvalue weighted by atomic mass is 9.80. The van der Waals surface area contributed by atoms with Crippen LogP contribution in [0.1, 0.15) is 48.9 Å². The van der Waals surface area contributed by atoms with E-state index >= 15 is 0 Å². The second kappa shape index (κ2) is 7.68. The molecule has 0 saturated heterocycles. The molecule has 0 N–H and O–H groups in total. The van der Waals surface area contributed by atoms with Crippen LogP contribution in [-0.4, -0.2) is 0 Å². The Morgan fingerprint density at radius 3 is 1.74 bits per heavy atom. The molecular formula is C35H30. The highest BCUT2D eigenvalue weighted by molar-refractivity contribution is 5.89. The molecule has 0 saturated carbocycles. The summed E-state index contributed by atoms with van der Waals surface area (Å²) in [5.74, 6) is 0. The van der Waals surface area contributed by atoms with Crippen LogP contribution in [0.2, 0.25) is 0 Å². The molecule has 7 rings (SSSR count). The zero-order chi connectivity index (χ0) is 23.6. The molecule has 0 bridgehead atoms. The maximum absolute atomic E-state index is 2.45. The lowest BCUT2D eigenvalue weighted by molar-refractivity contribution is 0.661. The normalized spacial score (nSPS) is 15.5. The molecule has 0 radical (unpaired) electrons. The molecule has 0 fully saturated rings. The Hall–Kier alpha value is -3.64. The van der Waals surface area contributed by atoms with Gasteiger partial charge < -0.3 is 0 Å². The molecule has 35 heavy (non-hydrogen) atoms. The molecule has 0 heterocycles. The summed E-state index contributed by atoms with van der Waals surface area (Å²) >= 11 is 0.